The molecule has 8 aliphatic carbocycles. The molecular weight excluding hydrogens is 1270 g/mol. The first-order chi connectivity index (χ1) is 46.3. The molecule has 4 saturated heterocycles. The number of allylic oxidation sites excluding steroid dienone is 1. The molecule has 3 N–H and O–H groups in total. The summed E-state index contributed by atoms with van der Waals surface area (Å²) in [6.07, 6.45) is 19.8. The Hall–Kier alpha value is -8.28. The Labute approximate surface area is 567 Å². The van der Waals surface area contributed by atoms with E-state index in [-0.39, 0.29) is 58.1 Å². The van der Waals surface area contributed by atoms with E-state index in [0.717, 1.165) is 98.5 Å². The Morgan fingerprint density at radius 1 is 0.469 bits per heavy atom. The molecule has 0 spiro atoms. The van der Waals surface area contributed by atoms with Crippen LogP contribution in [-0.4, -0.2) is 130 Å². The fourth-order valence-corrected chi connectivity index (χ4v) is 17.5. The molecule has 0 aromatic heterocycles. The predicted octanol–water partition coefficient (Wildman–Crippen LogP) is 9.19. The van der Waals surface area contributed by atoms with Gasteiger partial charge in [-0.3, -0.25) is 0 Å². The van der Waals surface area contributed by atoms with Crippen molar-refractivity contribution < 1.29 is 111 Å². The van der Waals surface area contributed by atoms with Gasteiger partial charge in [0, 0.05) is 63.8 Å². The summed E-state index contributed by atoms with van der Waals surface area (Å²) in [7, 11) is 0. The Kier molecular flexibility index (Phi) is 17.7. The molecule has 524 valence electrons. The molecule has 8 heterocycles. The minimum atomic E-state index is -1.14. The average Bonchev–Trinajstić information content (AvgIpc) is 1.55. The first-order valence-electron chi connectivity index (χ1n) is 34.2. The number of cyclic esters (lactones) is 4. The van der Waals surface area contributed by atoms with Crippen LogP contribution in [-0.2, 0) is 95.2 Å². The van der Waals surface area contributed by atoms with Gasteiger partial charge in [-0.25, -0.2) is 38.4 Å². The maximum Gasteiger partial charge on any atom is 0.338 e. The highest BCUT2D eigenvalue weighted by Gasteiger charge is 2.65. The van der Waals surface area contributed by atoms with E-state index >= 15 is 0 Å². The first kappa shape index (κ1) is 68.3. The monoisotopic (exact) mass is 1350 g/mol. The SMILES string of the molecule is CC1=CC(O/C=C2/C(=O)OC3C2C=C2CCCC(C)(C)C23O)OC1=O.CC1=CC(O/C=C2/C(=O)OC3C4=C(CC23)C(O)CCC4(C)C)OC1=O.CC1=CC(O/C=C2/C(=O)OC3C4=C(CCCC4(C)C)C(O)C23)OC1=O.CC1=CC(O/C=C2/C(=O)OC3C4=C(CCCC4C)CC23)OC1=O. The summed E-state index contributed by atoms with van der Waals surface area (Å²) in [6.45, 7) is 21.4. The van der Waals surface area contributed by atoms with E-state index in [0.29, 0.717) is 56.9 Å². The van der Waals surface area contributed by atoms with Gasteiger partial charge in [0.15, 0.2) is 0 Å². The zero-order valence-corrected chi connectivity index (χ0v) is 57.1. The quantitative estimate of drug-likeness (QED) is 0.0670. The molecule has 0 amide bonds. The number of fused-ring (bicyclic) bond motifs is 9. The van der Waals surface area contributed by atoms with Gasteiger partial charge < -0.3 is 72.2 Å². The molecule has 0 aromatic rings. The lowest BCUT2D eigenvalue weighted by Crippen LogP contribution is -2.55. The number of ether oxygens (including phenoxy) is 12. The Morgan fingerprint density at radius 2 is 0.929 bits per heavy atom. The lowest BCUT2D eigenvalue weighted by Gasteiger charge is -2.48. The van der Waals surface area contributed by atoms with Crippen molar-refractivity contribution in [3.63, 3.8) is 0 Å². The summed E-state index contributed by atoms with van der Waals surface area (Å²) in [5.41, 5.74) is 9.79. The Morgan fingerprint density at radius 3 is 1.47 bits per heavy atom. The fraction of sp³-hybridized carbons (Fsp3) is 0.573. The van der Waals surface area contributed by atoms with Crippen molar-refractivity contribution in [3.8, 4) is 0 Å². The minimum absolute atomic E-state index is 0.0511. The topological polar surface area (TPSA) is 308 Å². The smallest absolute Gasteiger partial charge is 0.338 e. The maximum atomic E-state index is 12.3. The third-order valence-electron chi connectivity index (χ3n) is 22.8. The van der Waals surface area contributed by atoms with Gasteiger partial charge in [-0.15, -0.1) is 0 Å². The van der Waals surface area contributed by atoms with Gasteiger partial charge in [0.1, 0.15) is 30.0 Å². The largest absolute Gasteiger partial charge is 0.458 e. The number of hydrogen-bond acceptors (Lipinski definition) is 23. The summed E-state index contributed by atoms with van der Waals surface area (Å²) < 4.78 is 64.3. The number of carbonyl (C=O) groups excluding carboxylic acids is 8. The molecule has 23 heteroatoms. The number of rotatable bonds is 8. The molecule has 0 aromatic carbocycles. The van der Waals surface area contributed by atoms with Crippen LogP contribution in [0, 0.1) is 45.8 Å². The van der Waals surface area contributed by atoms with Crippen LogP contribution in [0.1, 0.15) is 160 Å². The van der Waals surface area contributed by atoms with Crippen molar-refractivity contribution >= 4 is 47.8 Å². The third kappa shape index (κ3) is 12.0. The van der Waals surface area contributed by atoms with Gasteiger partial charge in [-0.1, -0.05) is 60.1 Å². The van der Waals surface area contributed by atoms with Crippen LogP contribution in [0.4, 0.5) is 0 Å². The number of hydrogen-bond donors (Lipinski definition) is 3. The van der Waals surface area contributed by atoms with Crippen molar-refractivity contribution in [2.75, 3.05) is 0 Å². The van der Waals surface area contributed by atoms with Crippen LogP contribution >= 0.6 is 0 Å². The predicted molar refractivity (Wildman–Crippen MR) is 341 cm³/mol. The number of carbonyl (C=O) groups is 8. The van der Waals surface area contributed by atoms with E-state index in [1.54, 1.807) is 52.0 Å². The zero-order chi connectivity index (χ0) is 70.0. The summed E-state index contributed by atoms with van der Waals surface area (Å²) in [5.74, 6) is -3.75. The van der Waals surface area contributed by atoms with Crippen molar-refractivity contribution in [2.45, 2.75) is 227 Å². The summed E-state index contributed by atoms with van der Waals surface area (Å²) >= 11 is 0. The van der Waals surface area contributed by atoms with Crippen LogP contribution in [0.2, 0.25) is 0 Å². The van der Waals surface area contributed by atoms with Gasteiger partial charge in [0.2, 0.25) is 0 Å². The molecular formula is C75H86O23. The number of aliphatic hydroxyl groups excluding tert-OH is 2. The lowest BCUT2D eigenvalue weighted by molar-refractivity contribution is -0.164. The summed E-state index contributed by atoms with van der Waals surface area (Å²) in [5, 5.41) is 32.6. The number of aliphatic hydroxyl groups is 3. The van der Waals surface area contributed by atoms with E-state index in [1.165, 1.54) is 42.6 Å². The van der Waals surface area contributed by atoms with Gasteiger partial charge in [-0.2, -0.15) is 0 Å². The van der Waals surface area contributed by atoms with Crippen molar-refractivity contribution in [3.05, 3.63) is 139 Å². The second-order valence-corrected chi connectivity index (χ2v) is 30.4. The van der Waals surface area contributed by atoms with Crippen molar-refractivity contribution in [1.29, 1.82) is 0 Å². The first-order valence-corrected chi connectivity index (χ1v) is 34.2. The molecule has 0 bridgehead atoms. The third-order valence-corrected chi connectivity index (χ3v) is 22.8. The second kappa shape index (κ2) is 25.5. The van der Waals surface area contributed by atoms with Gasteiger partial charge in [0.05, 0.1) is 71.4 Å². The van der Waals surface area contributed by atoms with Gasteiger partial charge in [0.25, 0.3) is 25.2 Å². The second-order valence-electron chi connectivity index (χ2n) is 30.4. The molecule has 16 rings (SSSR count). The molecule has 0 radical (unpaired) electrons. The normalized spacial score (nSPS) is 38.2. The molecule has 1 saturated carbocycles. The van der Waals surface area contributed by atoms with Crippen LogP contribution in [0.3, 0.4) is 0 Å². The molecule has 16 aliphatic rings. The lowest BCUT2D eigenvalue weighted by atomic mass is 9.62. The highest BCUT2D eigenvalue weighted by molar-refractivity contribution is 5.95. The van der Waals surface area contributed by atoms with Crippen LogP contribution in [0.5, 0.6) is 0 Å². The van der Waals surface area contributed by atoms with Crippen LogP contribution < -0.4 is 0 Å². The highest BCUT2D eigenvalue weighted by Crippen LogP contribution is 2.60. The summed E-state index contributed by atoms with van der Waals surface area (Å²) in [4.78, 5) is 94.6. The van der Waals surface area contributed by atoms with Crippen molar-refractivity contribution in [1.82, 2.24) is 0 Å². The molecule has 8 aliphatic heterocycles. The Balaban J connectivity index is 0.000000118. The molecule has 16 atom stereocenters. The van der Waals surface area contributed by atoms with Crippen LogP contribution in [0.15, 0.2) is 139 Å². The highest BCUT2D eigenvalue weighted by atomic mass is 16.7. The maximum absolute atomic E-state index is 12.3. The van der Waals surface area contributed by atoms with Gasteiger partial charge in [-0.05, 0) is 161 Å². The summed E-state index contributed by atoms with van der Waals surface area (Å²) in [6, 6.07) is 0. The van der Waals surface area contributed by atoms with Gasteiger partial charge >= 0.3 is 47.8 Å². The van der Waals surface area contributed by atoms with Crippen LogP contribution in [0.25, 0.3) is 0 Å². The van der Waals surface area contributed by atoms with E-state index in [4.69, 9.17) is 56.8 Å². The molecule has 16 unspecified atom stereocenters. The standard InChI is InChI=1S/3C19H22O6.C18H20O5/c1-9-6-14(24-17(9)21)23-8-12-10-7-11-13(20)4-5-19(2,3)15(11)16(10)25-18(12)22;1-10-7-14(24-16(10)20)23-9-13-12-8-11-5-4-6-18(2,3)19(11,22)15(12)25-17(13)21;1-9-7-12(24-17(9)21)23-8-11-13-15(20)10-5-4-6-19(2,3)14(10)16(13)25-18(11)22;1-9-4-3-5-11-7-12-13(18(20)23-16(12)15(9)11)8-21-14-6-10(2)17(19)22-14/h6,8,10,13-14,16,20H,4-5,7H2,1-3H3;7-9,12,14-15,22H,4-6H2,1-3H3;7-8,12-13,15-16,20H,4-6H2,1-3H3;6,8-9,12,14,16H,3-5,7H2,1-2H3/b12-8+;13-9+;11-8+;13-8+. The fourth-order valence-electron chi connectivity index (χ4n) is 17.5. The van der Waals surface area contributed by atoms with E-state index in [2.05, 4.69) is 34.6 Å². The molecule has 98 heavy (non-hydrogen) atoms. The van der Waals surface area contributed by atoms with E-state index in [1.807, 2.05) is 19.9 Å². The zero-order valence-electron chi connectivity index (χ0n) is 57.1. The number of esters is 8. The Bertz CT molecular complexity index is 3870. The van der Waals surface area contributed by atoms with E-state index < -0.39 is 96.9 Å². The molecule has 5 fully saturated rings. The van der Waals surface area contributed by atoms with E-state index in [9.17, 15) is 53.7 Å². The van der Waals surface area contributed by atoms with Crippen molar-refractivity contribution in [2.24, 2.45) is 45.8 Å². The molecule has 23 nitrogen and oxygen atoms in total. The average molecular weight is 1360 g/mol. The minimum Gasteiger partial charge on any atom is -0.458 e.